The van der Waals surface area contributed by atoms with E-state index in [0.717, 1.165) is 16.3 Å². The molecule has 0 bridgehead atoms. The number of aryl methyl sites for hydroxylation is 1. The predicted molar refractivity (Wildman–Crippen MR) is 115 cm³/mol. The van der Waals surface area contributed by atoms with Crippen molar-refractivity contribution in [2.45, 2.75) is 44.3 Å². The zero-order valence-electron chi connectivity index (χ0n) is 17.0. The number of nitrogens with one attached hydrogen (secondary N) is 1. The normalized spacial score (nSPS) is 11.8. The average Bonchev–Trinajstić information content (AvgIpc) is 3.16. The minimum absolute atomic E-state index is 0.0703. The Morgan fingerprint density at radius 2 is 1.83 bits per heavy atom. The molecule has 1 aromatic heterocycles. The Labute approximate surface area is 178 Å². The van der Waals surface area contributed by atoms with E-state index < -0.39 is 4.92 Å². The second-order valence-corrected chi connectivity index (χ2v) is 7.80. The maximum absolute atomic E-state index is 12.5. The van der Waals surface area contributed by atoms with Crippen molar-refractivity contribution in [3.05, 3.63) is 81.2 Å². The Balaban J connectivity index is 1.67. The molecule has 0 unspecified atom stereocenters. The van der Waals surface area contributed by atoms with E-state index in [1.165, 1.54) is 23.9 Å². The molecule has 0 aliphatic heterocycles. The standard InChI is InChI=1S/C21H23N5O3S/c1-4-25-19(15(3)22-20(27)17-9-5-14(2)6-10-17)23-24-21(25)30-13-16-7-11-18(12-8-16)26(28)29/h5-12,15H,4,13H2,1-3H3,(H,22,27)/t15-/m0/s1. The van der Waals surface area contributed by atoms with Crippen molar-refractivity contribution < 1.29 is 9.72 Å². The van der Waals surface area contributed by atoms with Gasteiger partial charge in [0.25, 0.3) is 11.6 Å². The highest BCUT2D eigenvalue weighted by atomic mass is 32.2. The summed E-state index contributed by atoms with van der Waals surface area (Å²) in [5.41, 5.74) is 2.72. The number of aromatic nitrogens is 3. The van der Waals surface area contributed by atoms with E-state index >= 15 is 0 Å². The maximum atomic E-state index is 12.5. The summed E-state index contributed by atoms with van der Waals surface area (Å²) in [4.78, 5) is 22.9. The third-order valence-corrected chi connectivity index (χ3v) is 5.66. The van der Waals surface area contributed by atoms with Crippen LogP contribution in [0, 0.1) is 17.0 Å². The molecule has 30 heavy (non-hydrogen) atoms. The number of thioether (sulfide) groups is 1. The van der Waals surface area contributed by atoms with Gasteiger partial charge in [-0.1, -0.05) is 41.6 Å². The fourth-order valence-corrected chi connectivity index (χ4v) is 3.90. The number of rotatable bonds is 8. The van der Waals surface area contributed by atoms with Crippen LogP contribution in [0.25, 0.3) is 0 Å². The van der Waals surface area contributed by atoms with Crippen LogP contribution in [0.5, 0.6) is 0 Å². The third-order valence-electron chi connectivity index (χ3n) is 4.63. The van der Waals surface area contributed by atoms with E-state index in [1.807, 2.05) is 37.5 Å². The first-order chi connectivity index (χ1) is 14.4. The Hall–Kier alpha value is -3.20. The van der Waals surface area contributed by atoms with E-state index in [2.05, 4.69) is 15.5 Å². The van der Waals surface area contributed by atoms with Crippen LogP contribution in [-0.4, -0.2) is 25.6 Å². The first-order valence-electron chi connectivity index (χ1n) is 9.55. The highest BCUT2D eigenvalue weighted by Crippen LogP contribution is 2.25. The van der Waals surface area contributed by atoms with Gasteiger partial charge in [0.05, 0.1) is 11.0 Å². The van der Waals surface area contributed by atoms with Gasteiger partial charge in [-0.3, -0.25) is 14.9 Å². The summed E-state index contributed by atoms with van der Waals surface area (Å²) in [6, 6.07) is 13.6. The van der Waals surface area contributed by atoms with E-state index in [9.17, 15) is 14.9 Å². The van der Waals surface area contributed by atoms with Gasteiger partial charge in [0.1, 0.15) is 0 Å². The summed E-state index contributed by atoms with van der Waals surface area (Å²) in [6.07, 6.45) is 0. The summed E-state index contributed by atoms with van der Waals surface area (Å²) in [7, 11) is 0. The molecule has 3 aromatic rings. The molecule has 9 heteroatoms. The minimum atomic E-state index is -0.413. The van der Waals surface area contributed by atoms with Crippen LogP contribution in [0.4, 0.5) is 5.69 Å². The average molecular weight is 426 g/mol. The van der Waals surface area contributed by atoms with Crippen molar-refractivity contribution in [3.8, 4) is 0 Å². The quantitative estimate of drug-likeness (QED) is 0.328. The number of nitro groups is 1. The lowest BCUT2D eigenvalue weighted by atomic mass is 10.1. The second kappa shape index (κ2) is 9.53. The minimum Gasteiger partial charge on any atom is -0.342 e. The summed E-state index contributed by atoms with van der Waals surface area (Å²) in [5, 5.41) is 23.0. The Kier molecular flexibility index (Phi) is 6.83. The maximum Gasteiger partial charge on any atom is 0.269 e. The molecule has 0 radical (unpaired) electrons. The second-order valence-electron chi connectivity index (χ2n) is 6.86. The molecule has 1 amide bonds. The number of nitrogens with zero attached hydrogens (tertiary/aromatic N) is 4. The van der Waals surface area contributed by atoms with Crippen molar-refractivity contribution in [1.29, 1.82) is 0 Å². The molecule has 0 aliphatic carbocycles. The highest BCUT2D eigenvalue weighted by molar-refractivity contribution is 7.98. The number of amides is 1. The van der Waals surface area contributed by atoms with Gasteiger partial charge in [0.15, 0.2) is 11.0 Å². The number of benzene rings is 2. The van der Waals surface area contributed by atoms with Crippen LogP contribution < -0.4 is 5.32 Å². The molecule has 2 aromatic carbocycles. The van der Waals surface area contributed by atoms with Crippen LogP contribution in [0.2, 0.25) is 0 Å². The van der Waals surface area contributed by atoms with E-state index in [4.69, 9.17) is 0 Å². The number of hydrogen-bond donors (Lipinski definition) is 1. The monoisotopic (exact) mass is 425 g/mol. The summed E-state index contributed by atoms with van der Waals surface area (Å²) >= 11 is 1.50. The van der Waals surface area contributed by atoms with Gasteiger partial charge in [0, 0.05) is 30.0 Å². The van der Waals surface area contributed by atoms with Crippen molar-refractivity contribution in [2.75, 3.05) is 0 Å². The Bertz CT molecular complexity index is 1030. The first kappa shape index (κ1) is 21.5. The molecule has 0 fully saturated rings. The lowest BCUT2D eigenvalue weighted by Gasteiger charge is -2.15. The molecule has 156 valence electrons. The van der Waals surface area contributed by atoms with Crippen LogP contribution >= 0.6 is 11.8 Å². The number of non-ortho nitro benzene ring substituents is 1. The fraction of sp³-hybridized carbons (Fsp3) is 0.286. The molecule has 0 aliphatic rings. The summed E-state index contributed by atoms with van der Waals surface area (Å²) in [5.74, 6) is 1.14. The van der Waals surface area contributed by atoms with E-state index in [1.54, 1.807) is 24.3 Å². The summed E-state index contributed by atoms with van der Waals surface area (Å²) < 4.78 is 1.97. The van der Waals surface area contributed by atoms with Crippen molar-refractivity contribution in [2.24, 2.45) is 0 Å². The van der Waals surface area contributed by atoms with Gasteiger partial charge in [-0.15, -0.1) is 10.2 Å². The van der Waals surface area contributed by atoms with Gasteiger partial charge in [-0.05, 0) is 38.5 Å². The van der Waals surface area contributed by atoms with Crippen molar-refractivity contribution in [1.82, 2.24) is 20.1 Å². The SMILES string of the molecule is CCn1c(SCc2ccc([N+](=O)[O-])cc2)nnc1[C@H](C)NC(=O)c1ccc(C)cc1. The van der Waals surface area contributed by atoms with Gasteiger partial charge in [0.2, 0.25) is 0 Å². The zero-order valence-corrected chi connectivity index (χ0v) is 17.8. The molecule has 1 N–H and O–H groups in total. The molecule has 8 nitrogen and oxygen atoms in total. The van der Waals surface area contributed by atoms with Crippen LogP contribution in [0.3, 0.4) is 0 Å². The predicted octanol–water partition coefficient (Wildman–Crippen LogP) is 4.30. The lowest BCUT2D eigenvalue weighted by Crippen LogP contribution is -2.28. The molecule has 3 rings (SSSR count). The van der Waals surface area contributed by atoms with Gasteiger partial charge in [-0.2, -0.15) is 0 Å². The van der Waals surface area contributed by atoms with E-state index in [-0.39, 0.29) is 17.6 Å². The molecular formula is C21H23N5O3S. The molecule has 1 heterocycles. The van der Waals surface area contributed by atoms with Gasteiger partial charge >= 0.3 is 0 Å². The van der Waals surface area contributed by atoms with Gasteiger partial charge < -0.3 is 9.88 Å². The largest absolute Gasteiger partial charge is 0.342 e. The number of carbonyl (C=O) groups excluding carboxylic acids is 1. The highest BCUT2D eigenvalue weighted by Gasteiger charge is 2.19. The topological polar surface area (TPSA) is 103 Å². The lowest BCUT2D eigenvalue weighted by molar-refractivity contribution is -0.384. The Morgan fingerprint density at radius 3 is 2.43 bits per heavy atom. The number of carbonyl (C=O) groups is 1. The van der Waals surface area contributed by atoms with Crippen LogP contribution in [-0.2, 0) is 12.3 Å². The first-order valence-corrected chi connectivity index (χ1v) is 10.5. The zero-order chi connectivity index (χ0) is 21.7. The van der Waals surface area contributed by atoms with Crippen molar-refractivity contribution in [3.63, 3.8) is 0 Å². The molecular weight excluding hydrogens is 402 g/mol. The van der Waals surface area contributed by atoms with Gasteiger partial charge in [-0.25, -0.2) is 0 Å². The Morgan fingerprint density at radius 1 is 1.17 bits per heavy atom. The number of nitro benzene ring substituents is 1. The molecule has 0 spiro atoms. The van der Waals surface area contributed by atoms with E-state index in [0.29, 0.717) is 23.7 Å². The number of hydrogen-bond acceptors (Lipinski definition) is 6. The fourth-order valence-electron chi connectivity index (χ4n) is 2.94. The van der Waals surface area contributed by atoms with Crippen LogP contribution in [0.15, 0.2) is 53.7 Å². The molecule has 1 atom stereocenters. The summed E-state index contributed by atoms with van der Waals surface area (Å²) in [6.45, 7) is 6.52. The molecule has 0 saturated heterocycles. The van der Waals surface area contributed by atoms with Crippen LogP contribution in [0.1, 0.15) is 47.2 Å². The third kappa shape index (κ3) is 5.04. The molecule has 0 saturated carbocycles. The van der Waals surface area contributed by atoms with Crippen molar-refractivity contribution >= 4 is 23.4 Å². The smallest absolute Gasteiger partial charge is 0.269 e.